The van der Waals surface area contributed by atoms with Crippen LogP contribution in [0.15, 0.2) is 30.3 Å². The second-order valence-corrected chi connectivity index (χ2v) is 4.03. The number of aromatic nitrogens is 2. The summed E-state index contributed by atoms with van der Waals surface area (Å²) in [5, 5.41) is 0.266. The number of halogens is 2. The monoisotopic (exact) mass is 282 g/mol. The third-order valence-corrected chi connectivity index (χ3v) is 2.38. The van der Waals surface area contributed by atoms with Crippen LogP contribution in [0, 0.1) is 5.82 Å². The fraction of sp³-hybridized carbons (Fsp3) is 0.231. The zero-order chi connectivity index (χ0) is 13.7. The van der Waals surface area contributed by atoms with Crippen LogP contribution in [0.25, 0.3) is 0 Å². The van der Waals surface area contributed by atoms with Crippen molar-refractivity contribution in [3.8, 4) is 11.6 Å². The minimum Gasteiger partial charge on any atom is -0.439 e. The maximum absolute atomic E-state index is 12.8. The summed E-state index contributed by atoms with van der Waals surface area (Å²) in [7, 11) is 0. The van der Waals surface area contributed by atoms with E-state index in [0.717, 1.165) is 0 Å². The molecule has 0 N–H and O–H groups in total. The van der Waals surface area contributed by atoms with E-state index in [1.807, 2.05) is 6.92 Å². The predicted molar refractivity (Wildman–Crippen MR) is 68.8 cm³/mol. The van der Waals surface area contributed by atoms with Crippen LogP contribution < -0.4 is 4.74 Å². The molecule has 1 aromatic carbocycles. The quantitative estimate of drug-likeness (QED) is 0.786. The van der Waals surface area contributed by atoms with Crippen molar-refractivity contribution in [3.63, 3.8) is 0 Å². The van der Waals surface area contributed by atoms with Crippen molar-refractivity contribution in [3.05, 3.63) is 47.1 Å². The fourth-order valence-electron chi connectivity index (χ4n) is 1.38. The van der Waals surface area contributed by atoms with Crippen molar-refractivity contribution in [2.24, 2.45) is 0 Å². The lowest BCUT2D eigenvalue weighted by atomic mass is 10.3. The van der Waals surface area contributed by atoms with Gasteiger partial charge in [-0.3, -0.25) is 0 Å². The van der Waals surface area contributed by atoms with Gasteiger partial charge in [0.05, 0.1) is 0 Å². The van der Waals surface area contributed by atoms with Gasteiger partial charge in [0.15, 0.2) is 5.82 Å². The molecule has 0 aliphatic carbocycles. The molecule has 0 aliphatic heterocycles. The van der Waals surface area contributed by atoms with Crippen molar-refractivity contribution in [1.29, 1.82) is 0 Å². The first-order valence-electron chi connectivity index (χ1n) is 5.72. The molecule has 0 amide bonds. The van der Waals surface area contributed by atoms with Crippen molar-refractivity contribution in [1.82, 2.24) is 9.97 Å². The van der Waals surface area contributed by atoms with E-state index in [0.29, 0.717) is 24.1 Å². The van der Waals surface area contributed by atoms with Crippen LogP contribution in [-0.4, -0.2) is 16.6 Å². The smallest absolute Gasteiger partial charge is 0.224 e. The van der Waals surface area contributed by atoms with Gasteiger partial charge in [-0.25, -0.2) is 9.37 Å². The van der Waals surface area contributed by atoms with E-state index < -0.39 is 0 Å². The minimum atomic E-state index is -0.329. The Morgan fingerprint density at radius 1 is 1.21 bits per heavy atom. The average molecular weight is 283 g/mol. The molecule has 0 radical (unpaired) electrons. The molecule has 0 aliphatic rings. The van der Waals surface area contributed by atoms with Gasteiger partial charge in [0.1, 0.15) is 23.3 Å². The molecule has 0 unspecified atom stereocenters. The molecule has 1 heterocycles. The lowest BCUT2D eigenvalue weighted by Crippen LogP contribution is -2.01. The highest BCUT2D eigenvalue weighted by atomic mass is 35.5. The summed E-state index contributed by atoms with van der Waals surface area (Å²) in [6.45, 7) is 2.70. The molecule has 2 aromatic rings. The Morgan fingerprint density at radius 3 is 2.63 bits per heavy atom. The number of rotatable bonds is 5. The number of benzene rings is 1. The van der Waals surface area contributed by atoms with Gasteiger partial charge >= 0.3 is 0 Å². The molecule has 0 atom stereocenters. The van der Waals surface area contributed by atoms with Gasteiger partial charge in [-0.15, -0.1) is 0 Å². The lowest BCUT2D eigenvalue weighted by Gasteiger charge is -2.07. The third kappa shape index (κ3) is 4.15. The van der Waals surface area contributed by atoms with Crippen LogP contribution >= 0.6 is 11.6 Å². The standard InChI is InChI=1S/C13H12ClFN2O2/c1-2-18-8-12-16-11(14)7-13(17-12)19-10-5-3-9(15)4-6-10/h3-7H,2,8H2,1H3. The Balaban J connectivity index is 2.15. The molecule has 0 spiro atoms. The Labute approximate surface area is 115 Å². The number of hydrogen-bond donors (Lipinski definition) is 0. The van der Waals surface area contributed by atoms with Crippen LogP contribution in [-0.2, 0) is 11.3 Å². The van der Waals surface area contributed by atoms with Crippen molar-refractivity contribution < 1.29 is 13.9 Å². The molecule has 100 valence electrons. The summed E-state index contributed by atoms with van der Waals surface area (Å²) < 4.78 is 23.5. The van der Waals surface area contributed by atoms with E-state index in [4.69, 9.17) is 21.1 Å². The highest BCUT2D eigenvalue weighted by molar-refractivity contribution is 6.29. The minimum absolute atomic E-state index is 0.261. The third-order valence-electron chi connectivity index (χ3n) is 2.19. The second kappa shape index (κ2) is 6.45. The molecular weight excluding hydrogens is 271 g/mol. The molecule has 0 saturated carbocycles. The number of hydrogen-bond acceptors (Lipinski definition) is 4. The van der Waals surface area contributed by atoms with E-state index >= 15 is 0 Å². The van der Waals surface area contributed by atoms with E-state index in [1.54, 1.807) is 0 Å². The van der Waals surface area contributed by atoms with E-state index in [2.05, 4.69) is 9.97 Å². The predicted octanol–water partition coefficient (Wildman–Crippen LogP) is 3.60. The maximum Gasteiger partial charge on any atom is 0.224 e. The summed E-state index contributed by atoms with van der Waals surface area (Å²) in [6, 6.07) is 7.11. The average Bonchev–Trinajstić information content (AvgIpc) is 2.38. The van der Waals surface area contributed by atoms with E-state index in [1.165, 1.54) is 30.3 Å². The topological polar surface area (TPSA) is 44.2 Å². The van der Waals surface area contributed by atoms with Crippen molar-refractivity contribution in [2.75, 3.05) is 6.61 Å². The molecule has 4 nitrogen and oxygen atoms in total. The molecule has 2 rings (SSSR count). The first kappa shape index (κ1) is 13.7. The Bertz CT molecular complexity index is 549. The molecule has 0 saturated heterocycles. The van der Waals surface area contributed by atoms with Gasteiger partial charge in [-0.1, -0.05) is 11.6 Å². The normalized spacial score (nSPS) is 10.5. The first-order chi connectivity index (χ1) is 9.17. The molecule has 0 bridgehead atoms. The highest BCUT2D eigenvalue weighted by Gasteiger charge is 2.06. The molecule has 6 heteroatoms. The first-order valence-corrected chi connectivity index (χ1v) is 6.10. The number of nitrogens with zero attached hydrogens (tertiary/aromatic N) is 2. The van der Waals surface area contributed by atoms with Gasteiger partial charge in [-0.2, -0.15) is 4.98 Å². The van der Waals surface area contributed by atoms with Gasteiger partial charge in [0.2, 0.25) is 5.88 Å². The Kier molecular flexibility index (Phi) is 4.65. The Morgan fingerprint density at radius 2 is 1.95 bits per heavy atom. The molecule has 0 fully saturated rings. The van der Waals surface area contributed by atoms with E-state index in [9.17, 15) is 4.39 Å². The molecule has 1 aromatic heterocycles. The molecule has 19 heavy (non-hydrogen) atoms. The lowest BCUT2D eigenvalue weighted by molar-refractivity contribution is 0.128. The van der Waals surface area contributed by atoms with Crippen LogP contribution in [0.2, 0.25) is 5.15 Å². The van der Waals surface area contributed by atoms with Crippen molar-refractivity contribution >= 4 is 11.6 Å². The van der Waals surface area contributed by atoms with Gasteiger partial charge < -0.3 is 9.47 Å². The SMILES string of the molecule is CCOCc1nc(Cl)cc(Oc2ccc(F)cc2)n1. The van der Waals surface area contributed by atoms with Gasteiger partial charge in [0, 0.05) is 12.7 Å². The molecular formula is C13H12ClFN2O2. The summed E-state index contributed by atoms with van der Waals surface area (Å²) in [6.07, 6.45) is 0. The van der Waals surface area contributed by atoms with Gasteiger partial charge in [-0.05, 0) is 31.2 Å². The van der Waals surface area contributed by atoms with Crippen LogP contribution in [0.4, 0.5) is 4.39 Å². The maximum atomic E-state index is 12.8. The second-order valence-electron chi connectivity index (χ2n) is 3.64. The largest absolute Gasteiger partial charge is 0.439 e. The van der Waals surface area contributed by atoms with E-state index in [-0.39, 0.29) is 17.6 Å². The fourth-order valence-corrected chi connectivity index (χ4v) is 1.57. The zero-order valence-corrected chi connectivity index (χ0v) is 11.0. The van der Waals surface area contributed by atoms with Crippen LogP contribution in [0.5, 0.6) is 11.6 Å². The summed E-state index contributed by atoms with van der Waals surface area (Å²) in [4.78, 5) is 8.17. The summed E-state index contributed by atoms with van der Waals surface area (Å²) >= 11 is 5.87. The summed E-state index contributed by atoms with van der Waals surface area (Å²) in [5.41, 5.74) is 0. The van der Waals surface area contributed by atoms with Crippen LogP contribution in [0.1, 0.15) is 12.7 Å². The Hall–Kier alpha value is -1.72. The van der Waals surface area contributed by atoms with Crippen molar-refractivity contribution in [2.45, 2.75) is 13.5 Å². The highest BCUT2D eigenvalue weighted by Crippen LogP contribution is 2.22. The number of ether oxygens (including phenoxy) is 2. The van der Waals surface area contributed by atoms with Crippen LogP contribution in [0.3, 0.4) is 0 Å². The zero-order valence-electron chi connectivity index (χ0n) is 10.3. The summed E-state index contributed by atoms with van der Waals surface area (Å²) in [5.74, 6) is 0.872. The van der Waals surface area contributed by atoms with Gasteiger partial charge in [0.25, 0.3) is 0 Å².